The first-order chi connectivity index (χ1) is 6.15. The predicted octanol–water partition coefficient (Wildman–Crippen LogP) is 1.79. The molecule has 0 bridgehead atoms. The molecule has 1 aromatic heterocycles. The van der Waals surface area contributed by atoms with Gasteiger partial charge in [-0.3, -0.25) is 4.98 Å². The molecule has 0 aliphatic carbocycles. The van der Waals surface area contributed by atoms with Crippen LogP contribution in [-0.4, -0.2) is 10.1 Å². The fraction of sp³-hybridized carbons (Fsp3) is 0.250. The Morgan fingerprint density at radius 3 is 2.85 bits per heavy atom. The van der Waals surface area contributed by atoms with Gasteiger partial charge in [0.1, 0.15) is 11.4 Å². The highest BCUT2D eigenvalue weighted by atomic mass is 19.3. The zero-order valence-corrected chi connectivity index (χ0v) is 6.54. The summed E-state index contributed by atoms with van der Waals surface area (Å²) in [5.74, 6) is -0.231. The summed E-state index contributed by atoms with van der Waals surface area (Å²) in [4.78, 5) is 3.31. The molecule has 1 aromatic rings. The number of rotatable bonds is 2. The van der Waals surface area contributed by atoms with Crippen LogP contribution in [0.2, 0.25) is 0 Å². The number of hydrogen-bond acceptors (Lipinski definition) is 3. The molecule has 5 heteroatoms. The molecule has 3 nitrogen and oxygen atoms in total. The Bertz CT molecular complexity index is 346. The van der Waals surface area contributed by atoms with E-state index in [0.717, 1.165) is 12.3 Å². The summed E-state index contributed by atoms with van der Waals surface area (Å²) in [6.07, 6.45) is -1.86. The molecule has 0 aliphatic rings. The van der Waals surface area contributed by atoms with Crippen LogP contribution < -0.4 is 0 Å². The van der Waals surface area contributed by atoms with Crippen molar-refractivity contribution in [2.75, 3.05) is 0 Å². The maximum absolute atomic E-state index is 12.1. The minimum absolute atomic E-state index is 0.103. The van der Waals surface area contributed by atoms with Gasteiger partial charge in [0.05, 0.1) is 18.7 Å². The van der Waals surface area contributed by atoms with Crippen LogP contribution in [0.4, 0.5) is 8.78 Å². The SMILES string of the molecule is N#CCc1cc(C(F)F)ncc1O. The highest BCUT2D eigenvalue weighted by Gasteiger charge is 2.11. The molecule has 0 fully saturated rings. The van der Waals surface area contributed by atoms with Gasteiger partial charge in [-0.25, -0.2) is 8.78 Å². The number of hydrogen-bond donors (Lipinski definition) is 1. The van der Waals surface area contributed by atoms with Crippen LogP contribution in [0.3, 0.4) is 0 Å². The van der Waals surface area contributed by atoms with Crippen LogP contribution in [0.5, 0.6) is 5.75 Å². The number of alkyl halides is 2. The van der Waals surface area contributed by atoms with Crippen LogP contribution in [0.15, 0.2) is 12.3 Å². The normalized spacial score (nSPS) is 10.0. The van der Waals surface area contributed by atoms with E-state index in [2.05, 4.69) is 4.98 Å². The molecule has 0 aliphatic heterocycles. The van der Waals surface area contributed by atoms with Crippen LogP contribution >= 0.6 is 0 Å². The molecule has 0 aromatic carbocycles. The minimum atomic E-state index is -2.68. The summed E-state index contributed by atoms with van der Waals surface area (Å²) in [6, 6.07) is 2.79. The van der Waals surface area contributed by atoms with Crippen LogP contribution in [-0.2, 0) is 6.42 Å². The van der Waals surface area contributed by atoms with E-state index in [1.807, 2.05) is 0 Å². The van der Waals surface area contributed by atoms with E-state index < -0.39 is 12.1 Å². The Morgan fingerprint density at radius 2 is 2.31 bits per heavy atom. The number of halogens is 2. The van der Waals surface area contributed by atoms with Crippen LogP contribution in [0, 0.1) is 11.3 Å². The van der Waals surface area contributed by atoms with E-state index >= 15 is 0 Å². The van der Waals surface area contributed by atoms with E-state index in [1.54, 1.807) is 6.07 Å². The molecule has 68 valence electrons. The third-order valence-electron chi connectivity index (χ3n) is 1.48. The second-order valence-electron chi connectivity index (χ2n) is 2.37. The molecule has 0 atom stereocenters. The minimum Gasteiger partial charge on any atom is -0.506 e. The first kappa shape index (κ1) is 9.39. The van der Waals surface area contributed by atoms with Crippen molar-refractivity contribution in [3.8, 4) is 11.8 Å². The molecule has 0 spiro atoms. The van der Waals surface area contributed by atoms with E-state index in [9.17, 15) is 8.78 Å². The zero-order valence-electron chi connectivity index (χ0n) is 6.54. The average Bonchev–Trinajstić information content (AvgIpc) is 2.08. The Kier molecular flexibility index (Phi) is 2.75. The molecule has 0 unspecified atom stereocenters. The Labute approximate surface area is 73.3 Å². The lowest BCUT2D eigenvalue weighted by molar-refractivity contribution is 0.146. The van der Waals surface area contributed by atoms with Gasteiger partial charge >= 0.3 is 0 Å². The summed E-state index contributed by atoms with van der Waals surface area (Å²) in [5, 5.41) is 17.4. The van der Waals surface area contributed by atoms with Crippen LogP contribution in [0.25, 0.3) is 0 Å². The van der Waals surface area contributed by atoms with E-state index in [1.165, 1.54) is 0 Å². The third kappa shape index (κ3) is 2.12. The van der Waals surface area contributed by atoms with Gasteiger partial charge in [-0.1, -0.05) is 0 Å². The summed E-state index contributed by atoms with van der Waals surface area (Å²) >= 11 is 0. The molecular weight excluding hydrogens is 178 g/mol. The lowest BCUT2D eigenvalue weighted by atomic mass is 10.1. The summed E-state index contributed by atoms with van der Waals surface area (Å²) in [5.41, 5.74) is -0.254. The number of nitrogens with zero attached hydrogens (tertiary/aromatic N) is 2. The van der Waals surface area contributed by atoms with Gasteiger partial charge < -0.3 is 5.11 Å². The number of pyridine rings is 1. The molecule has 13 heavy (non-hydrogen) atoms. The third-order valence-corrected chi connectivity index (χ3v) is 1.48. The zero-order chi connectivity index (χ0) is 9.84. The number of aromatic hydroxyl groups is 1. The van der Waals surface area contributed by atoms with Crippen molar-refractivity contribution in [3.05, 3.63) is 23.5 Å². The van der Waals surface area contributed by atoms with Gasteiger partial charge in [0.15, 0.2) is 0 Å². The Balaban J connectivity index is 3.05. The van der Waals surface area contributed by atoms with Crippen LogP contribution in [0.1, 0.15) is 17.7 Å². The van der Waals surface area contributed by atoms with Gasteiger partial charge in [-0.05, 0) is 6.07 Å². The van der Waals surface area contributed by atoms with Crippen molar-refractivity contribution < 1.29 is 13.9 Å². The standard InChI is InChI=1S/C8H6F2N2O/c9-8(10)6-3-5(1-2-11)7(13)4-12-6/h3-4,8,13H,1H2. The Hall–Kier alpha value is -1.70. The van der Waals surface area contributed by atoms with Gasteiger partial charge in [0.25, 0.3) is 6.43 Å². The second kappa shape index (κ2) is 3.81. The maximum Gasteiger partial charge on any atom is 0.280 e. The maximum atomic E-state index is 12.1. The lowest BCUT2D eigenvalue weighted by Gasteiger charge is -2.02. The van der Waals surface area contributed by atoms with Crippen molar-refractivity contribution in [2.24, 2.45) is 0 Å². The van der Waals surface area contributed by atoms with E-state index in [-0.39, 0.29) is 17.7 Å². The average molecular weight is 184 g/mol. The summed E-state index contributed by atoms with van der Waals surface area (Å²) < 4.78 is 24.2. The van der Waals surface area contributed by atoms with E-state index in [4.69, 9.17) is 10.4 Å². The topological polar surface area (TPSA) is 56.9 Å². The predicted molar refractivity (Wildman–Crippen MR) is 40.2 cm³/mol. The lowest BCUT2D eigenvalue weighted by Crippen LogP contribution is -1.93. The van der Waals surface area contributed by atoms with Gasteiger partial charge in [-0.2, -0.15) is 5.26 Å². The molecular formula is C8H6F2N2O. The molecule has 1 N–H and O–H groups in total. The second-order valence-corrected chi connectivity index (χ2v) is 2.37. The van der Waals surface area contributed by atoms with Crippen molar-refractivity contribution in [1.82, 2.24) is 4.98 Å². The largest absolute Gasteiger partial charge is 0.506 e. The number of aromatic nitrogens is 1. The molecule has 0 radical (unpaired) electrons. The van der Waals surface area contributed by atoms with Gasteiger partial charge in [0, 0.05) is 5.56 Å². The highest BCUT2D eigenvalue weighted by molar-refractivity contribution is 5.33. The monoisotopic (exact) mass is 184 g/mol. The first-order valence-corrected chi connectivity index (χ1v) is 3.48. The van der Waals surface area contributed by atoms with Crippen molar-refractivity contribution >= 4 is 0 Å². The molecule has 1 heterocycles. The Morgan fingerprint density at radius 1 is 1.62 bits per heavy atom. The smallest absolute Gasteiger partial charge is 0.280 e. The van der Waals surface area contributed by atoms with Crippen molar-refractivity contribution in [1.29, 1.82) is 5.26 Å². The molecule has 0 amide bonds. The number of nitriles is 1. The molecule has 0 saturated carbocycles. The first-order valence-electron chi connectivity index (χ1n) is 3.48. The highest BCUT2D eigenvalue weighted by Crippen LogP contribution is 2.22. The quantitative estimate of drug-likeness (QED) is 0.762. The van der Waals surface area contributed by atoms with E-state index in [0.29, 0.717) is 0 Å². The van der Waals surface area contributed by atoms with Gasteiger partial charge in [0.2, 0.25) is 0 Å². The van der Waals surface area contributed by atoms with Gasteiger partial charge in [-0.15, -0.1) is 0 Å². The molecule has 0 saturated heterocycles. The molecule has 1 rings (SSSR count). The summed E-state index contributed by atoms with van der Waals surface area (Å²) in [7, 11) is 0. The fourth-order valence-electron chi connectivity index (χ4n) is 0.854. The van der Waals surface area contributed by atoms with Crippen molar-refractivity contribution in [3.63, 3.8) is 0 Å². The van der Waals surface area contributed by atoms with Crippen molar-refractivity contribution in [2.45, 2.75) is 12.8 Å². The summed E-state index contributed by atoms with van der Waals surface area (Å²) in [6.45, 7) is 0. The fourth-order valence-corrected chi connectivity index (χ4v) is 0.854.